The Morgan fingerprint density at radius 1 is 0.923 bits per heavy atom. The minimum Gasteiger partial charge on any atom is -0.114 e. The van der Waals surface area contributed by atoms with Gasteiger partial charge in [-0.1, -0.05) is 30.1 Å². The fourth-order valence-corrected chi connectivity index (χ4v) is 6.01. The molecule has 1 aromatic rings. The first kappa shape index (κ1) is 8.65. The quantitative estimate of drug-likeness (QED) is 0.656. The lowest BCUT2D eigenvalue weighted by Crippen LogP contribution is -1.74. The summed E-state index contributed by atoms with van der Waals surface area (Å²) in [6.07, 6.45) is 0. The molecule has 2 aliphatic heterocycles. The Morgan fingerprint density at radius 2 is 1.46 bits per heavy atom. The molecule has 0 nitrogen and oxygen atoms in total. The van der Waals surface area contributed by atoms with Crippen molar-refractivity contribution in [1.82, 2.24) is 0 Å². The Kier molecular flexibility index (Phi) is 2.12. The van der Waals surface area contributed by atoms with Crippen LogP contribution in [0.4, 0.5) is 0 Å². The number of benzene rings is 1. The van der Waals surface area contributed by atoms with Gasteiger partial charge in [0, 0.05) is 28.9 Å². The van der Waals surface area contributed by atoms with Crippen molar-refractivity contribution in [2.75, 3.05) is 5.08 Å². The molecule has 0 atom stereocenters. The number of rotatable bonds is 0. The second kappa shape index (κ2) is 3.19. The van der Waals surface area contributed by atoms with E-state index < -0.39 is 0 Å². The molecule has 2 heterocycles. The molecule has 0 fully saturated rings. The molecule has 3 rings (SSSR count). The fourth-order valence-electron chi connectivity index (χ4n) is 1.33. The molecule has 2 aliphatic rings. The molecule has 0 unspecified atom stereocenters. The highest BCUT2D eigenvalue weighted by atomic mass is 32.2. The van der Waals surface area contributed by atoms with Gasteiger partial charge in [-0.25, -0.2) is 0 Å². The summed E-state index contributed by atoms with van der Waals surface area (Å²) < 4.78 is 1.20. The predicted molar refractivity (Wildman–Crippen MR) is 63.9 cm³/mol. The van der Waals surface area contributed by atoms with Crippen molar-refractivity contribution in [1.29, 1.82) is 0 Å². The molecule has 0 saturated heterocycles. The third-order valence-electron chi connectivity index (χ3n) is 1.89. The van der Waals surface area contributed by atoms with Crippen molar-refractivity contribution in [2.24, 2.45) is 0 Å². The predicted octanol–water partition coefficient (Wildman–Crippen LogP) is 4.51. The van der Waals surface area contributed by atoms with Crippen LogP contribution in [0.1, 0.15) is 0 Å². The summed E-state index contributed by atoms with van der Waals surface area (Å²) in [4.78, 5) is 5.69. The molecular formula is C9H6S4. The van der Waals surface area contributed by atoms with E-state index >= 15 is 0 Å². The first-order chi connectivity index (χ1) is 6.33. The van der Waals surface area contributed by atoms with E-state index in [1.807, 2.05) is 23.5 Å². The average Bonchev–Trinajstić information content (AvgIpc) is 2.63. The highest BCUT2D eigenvalue weighted by Gasteiger charge is 2.21. The molecule has 0 aliphatic carbocycles. The van der Waals surface area contributed by atoms with Crippen molar-refractivity contribution in [3.05, 3.63) is 22.9 Å². The molecule has 0 N–H and O–H groups in total. The number of hydrogen-bond acceptors (Lipinski definition) is 4. The maximum Gasteiger partial charge on any atom is 0.0487 e. The van der Waals surface area contributed by atoms with Crippen LogP contribution in [0.3, 0.4) is 0 Å². The lowest BCUT2D eigenvalue weighted by atomic mass is 10.3. The molecule has 0 radical (unpaired) electrons. The SMILES string of the molecule is C=C1Sc2cc3c(cc2S1)SCS3. The summed E-state index contributed by atoms with van der Waals surface area (Å²) >= 11 is 7.50. The molecule has 66 valence electrons. The molecular weight excluding hydrogens is 236 g/mol. The second-order valence-corrected chi connectivity index (χ2v) is 7.66. The van der Waals surface area contributed by atoms with Crippen LogP contribution in [-0.4, -0.2) is 5.08 Å². The maximum absolute atomic E-state index is 3.98. The summed E-state index contributed by atoms with van der Waals surface area (Å²) in [5.74, 6) is 0. The Balaban J connectivity index is 2.15. The third kappa shape index (κ3) is 1.44. The van der Waals surface area contributed by atoms with Gasteiger partial charge in [-0.3, -0.25) is 0 Å². The zero-order chi connectivity index (χ0) is 8.84. The van der Waals surface area contributed by atoms with E-state index in [9.17, 15) is 0 Å². The van der Waals surface area contributed by atoms with Gasteiger partial charge < -0.3 is 0 Å². The van der Waals surface area contributed by atoms with Gasteiger partial charge in [0.05, 0.1) is 0 Å². The molecule has 13 heavy (non-hydrogen) atoms. The summed E-state index contributed by atoms with van der Waals surface area (Å²) in [5, 5.41) is 1.18. The summed E-state index contributed by atoms with van der Waals surface area (Å²) in [6.45, 7) is 3.98. The van der Waals surface area contributed by atoms with Crippen LogP contribution in [0.2, 0.25) is 0 Å². The van der Waals surface area contributed by atoms with Crippen LogP contribution in [0.5, 0.6) is 0 Å². The highest BCUT2D eigenvalue weighted by molar-refractivity contribution is 8.24. The molecule has 4 heteroatoms. The van der Waals surface area contributed by atoms with Crippen LogP contribution in [0.15, 0.2) is 42.5 Å². The van der Waals surface area contributed by atoms with Gasteiger partial charge in [-0.15, -0.1) is 23.5 Å². The topological polar surface area (TPSA) is 0 Å². The zero-order valence-electron chi connectivity index (χ0n) is 6.70. The highest BCUT2D eigenvalue weighted by Crippen LogP contribution is 2.54. The van der Waals surface area contributed by atoms with Gasteiger partial charge in [-0.2, -0.15) is 0 Å². The Labute approximate surface area is 94.3 Å². The molecule has 0 saturated carbocycles. The lowest BCUT2D eigenvalue weighted by molar-refractivity contribution is 1.11. The van der Waals surface area contributed by atoms with E-state index in [0.29, 0.717) is 0 Å². The minimum absolute atomic E-state index is 1.18. The van der Waals surface area contributed by atoms with Crippen LogP contribution in [-0.2, 0) is 0 Å². The normalized spacial score (nSPS) is 18.9. The smallest absolute Gasteiger partial charge is 0.0487 e. The summed E-state index contributed by atoms with van der Waals surface area (Å²) in [7, 11) is 0. The number of hydrogen-bond donors (Lipinski definition) is 0. The Morgan fingerprint density at radius 3 is 2.00 bits per heavy atom. The zero-order valence-corrected chi connectivity index (χ0v) is 9.97. The van der Waals surface area contributed by atoms with Crippen LogP contribution < -0.4 is 0 Å². The van der Waals surface area contributed by atoms with E-state index in [1.165, 1.54) is 28.9 Å². The molecule has 0 spiro atoms. The summed E-state index contributed by atoms with van der Waals surface area (Å²) in [5.41, 5.74) is 0. The van der Waals surface area contributed by atoms with E-state index in [4.69, 9.17) is 0 Å². The largest absolute Gasteiger partial charge is 0.114 e. The van der Waals surface area contributed by atoms with Crippen LogP contribution in [0.25, 0.3) is 0 Å². The van der Waals surface area contributed by atoms with Gasteiger partial charge >= 0.3 is 0 Å². The first-order valence-electron chi connectivity index (χ1n) is 3.81. The monoisotopic (exact) mass is 242 g/mol. The van der Waals surface area contributed by atoms with Crippen LogP contribution >= 0.6 is 47.0 Å². The second-order valence-electron chi connectivity index (χ2n) is 2.73. The van der Waals surface area contributed by atoms with E-state index in [0.717, 1.165) is 0 Å². The van der Waals surface area contributed by atoms with Crippen molar-refractivity contribution < 1.29 is 0 Å². The van der Waals surface area contributed by atoms with Crippen molar-refractivity contribution in [2.45, 2.75) is 19.6 Å². The first-order valence-corrected chi connectivity index (χ1v) is 7.41. The van der Waals surface area contributed by atoms with Crippen molar-refractivity contribution >= 4 is 47.0 Å². The molecule has 0 aromatic heterocycles. The van der Waals surface area contributed by atoms with Gasteiger partial charge in [0.15, 0.2) is 0 Å². The van der Waals surface area contributed by atoms with Crippen molar-refractivity contribution in [3.8, 4) is 0 Å². The summed E-state index contributed by atoms with van der Waals surface area (Å²) in [6, 6.07) is 4.62. The molecule has 0 bridgehead atoms. The number of fused-ring (bicyclic) bond motifs is 2. The van der Waals surface area contributed by atoms with Gasteiger partial charge in [0.2, 0.25) is 0 Å². The van der Waals surface area contributed by atoms with E-state index in [-0.39, 0.29) is 0 Å². The van der Waals surface area contributed by atoms with Crippen molar-refractivity contribution in [3.63, 3.8) is 0 Å². The number of thioether (sulfide) groups is 4. The standard InChI is InChI=1S/C9H6S4/c1-5-12-8-2-6-7(11-4-10-6)3-9(8)13-5/h2-3H,1,4H2. The minimum atomic E-state index is 1.18. The lowest BCUT2D eigenvalue weighted by Gasteiger charge is -2.00. The Bertz CT molecular complexity index is 362. The molecule has 0 amide bonds. The van der Waals surface area contributed by atoms with E-state index in [2.05, 4.69) is 18.7 Å². The van der Waals surface area contributed by atoms with Gasteiger partial charge in [0.25, 0.3) is 0 Å². The Hall–Kier alpha value is 0.360. The van der Waals surface area contributed by atoms with Crippen LogP contribution in [0, 0.1) is 0 Å². The van der Waals surface area contributed by atoms with Gasteiger partial charge in [0.1, 0.15) is 0 Å². The van der Waals surface area contributed by atoms with E-state index in [1.54, 1.807) is 23.5 Å². The fraction of sp³-hybridized carbons (Fsp3) is 0.111. The average molecular weight is 242 g/mol. The maximum atomic E-state index is 3.98. The third-order valence-corrected chi connectivity index (χ3v) is 6.46. The molecule has 1 aromatic carbocycles. The van der Waals surface area contributed by atoms with Gasteiger partial charge in [-0.05, 0) is 12.1 Å².